The molecule has 1 unspecified atom stereocenters. The highest BCUT2D eigenvalue weighted by molar-refractivity contribution is 4.60. The maximum absolute atomic E-state index is 8.98. The van der Waals surface area contributed by atoms with Crippen molar-refractivity contribution in [1.29, 1.82) is 0 Å². The molecule has 2 nitrogen and oxygen atoms in total. The number of unbranched alkanes of at least 4 members (excludes halogenated alkanes) is 2. The predicted molar refractivity (Wildman–Crippen MR) is 67.1 cm³/mol. The second-order valence-electron chi connectivity index (χ2n) is 4.63. The fourth-order valence-corrected chi connectivity index (χ4v) is 1.59. The molecule has 0 aromatic rings. The van der Waals surface area contributed by atoms with Crippen LogP contribution in [0.25, 0.3) is 0 Å². The molecule has 0 saturated heterocycles. The van der Waals surface area contributed by atoms with E-state index in [2.05, 4.69) is 25.7 Å². The van der Waals surface area contributed by atoms with Gasteiger partial charge in [-0.25, -0.2) is 0 Å². The molecule has 0 aliphatic carbocycles. The van der Waals surface area contributed by atoms with E-state index in [0.29, 0.717) is 12.5 Å². The average Bonchev–Trinajstić information content (AvgIpc) is 2.27. The lowest BCUT2D eigenvalue weighted by Crippen LogP contribution is -2.28. The van der Waals surface area contributed by atoms with E-state index in [1.165, 1.54) is 38.8 Å². The standard InChI is InChI=1S/C13H29NO/c1-4-6-9-14(10-7-5-2)11-8-13(3)12-15/h13,15H,4-12H2,1-3H3. The van der Waals surface area contributed by atoms with Gasteiger partial charge in [-0.1, -0.05) is 33.6 Å². The average molecular weight is 215 g/mol. The molecule has 0 radical (unpaired) electrons. The summed E-state index contributed by atoms with van der Waals surface area (Å²) >= 11 is 0. The molecule has 0 aliphatic rings. The fraction of sp³-hybridized carbons (Fsp3) is 1.00. The van der Waals surface area contributed by atoms with Crippen LogP contribution in [0.4, 0.5) is 0 Å². The van der Waals surface area contributed by atoms with E-state index < -0.39 is 0 Å². The number of nitrogens with zero attached hydrogens (tertiary/aromatic N) is 1. The van der Waals surface area contributed by atoms with Crippen molar-refractivity contribution in [1.82, 2.24) is 4.90 Å². The number of hydrogen-bond donors (Lipinski definition) is 1. The topological polar surface area (TPSA) is 23.5 Å². The summed E-state index contributed by atoms with van der Waals surface area (Å²) in [5.74, 6) is 0.454. The second-order valence-corrected chi connectivity index (χ2v) is 4.63. The summed E-state index contributed by atoms with van der Waals surface area (Å²) in [6.07, 6.45) is 6.29. The Bertz CT molecular complexity index is 120. The predicted octanol–water partition coefficient (Wildman–Crippen LogP) is 2.91. The van der Waals surface area contributed by atoms with E-state index in [0.717, 1.165) is 13.0 Å². The second kappa shape index (κ2) is 10.4. The van der Waals surface area contributed by atoms with Gasteiger partial charge in [-0.15, -0.1) is 0 Å². The SMILES string of the molecule is CCCCN(CCCC)CCC(C)CO. The lowest BCUT2D eigenvalue weighted by atomic mass is 10.1. The molecule has 0 aromatic heterocycles. The minimum atomic E-state index is 0.329. The molecule has 0 aliphatic heterocycles. The Morgan fingerprint density at radius 1 is 1.00 bits per heavy atom. The molecule has 0 heterocycles. The van der Waals surface area contributed by atoms with Crippen LogP contribution in [0.3, 0.4) is 0 Å². The summed E-state index contributed by atoms with van der Waals surface area (Å²) in [6.45, 7) is 10.6. The summed E-state index contributed by atoms with van der Waals surface area (Å²) < 4.78 is 0. The zero-order valence-electron chi connectivity index (χ0n) is 10.8. The van der Waals surface area contributed by atoms with Crippen molar-refractivity contribution in [3.05, 3.63) is 0 Å². The number of aliphatic hydroxyl groups is 1. The van der Waals surface area contributed by atoms with Crippen molar-refractivity contribution >= 4 is 0 Å². The van der Waals surface area contributed by atoms with Crippen molar-refractivity contribution in [2.24, 2.45) is 5.92 Å². The van der Waals surface area contributed by atoms with Crippen molar-refractivity contribution in [2.75, 3.05) is 26.2 Å². The van der Waals surface area contributed by atoms with Gasteiger partial charge >= 0.3 is 0 Å². The van der Waals surface area contributed by atoms with E-state index in [1.54, 1.807) is 0 Å². The molecule has 0 bridgehead atoms. The van der Waals surface area contributed by atoms with Crippen molar-refractivity contribution in [2.45, 2.75) is 52.9 Å². The van der Waals surface area contributed by atoms with Gasteiger partial charge in [0.05, 0.1) is 0 Å². The Labute approximate surface area is 95.7 Å². The monoisotopic (exact) mass is 215 g/mol. The highest BCUT2D eigenvalue weighted by Crippen LogP contribution is 2.05. The third kappa shape index (κ3) is 8.88. The molecule has 1 N–H and O–H groups in total. The maximum Gasteiger partial charge on any atom is 0.0457 e. The minimum Gasteiger partial charge on any atom is -0.396 e. The lowest BCUT2D eigenvalue weighted by Gasteiger charge is -2.23. The zero-order valence-corrected chi connectivity index (χ0v) is 10.8. The van der Waals surface area contributed by atoms with Gasteiger partial charge in [0.2, 0.25) is 0 Å². The lowest BCUT2D eigenvalue weighted by molar-refractivity contribution is 0.196. The van der Waals surface area contributed by atoms with Crippen molar-refractivity contribution in [3.8, 4) is 0 Å². The highest BCUT2D eigenvalue weighted by atomic mass is 16.3. The Balaban J connectivity index is 3.67. The van der Waals surface area contributed by atoms with Crippen LogP contribution < -0.4 is 0 Å². The van der Waals surface area contributed by atoms with Crippen LogP contribution >= 0.6 is 0 Å². The smallest absolute Gasteiger partial charge is 0.0457 e. The summed E-state index contributed by atoms with van der Waals surface area (Å²) in [6, 6.07) is 0. The van der Waals surface area contributed by atoms with Crippen LogP contribution in [0.2, 0.25) is 0 Å². The molecule has 0 spiro atoms. The first-order valence-electron chi connectivity index (χ1n) is 6.57. The van der Waals surface area contributed by atoms with E-state index in [9.17, 15) is 0 Å². The molecule has 2 heteroatoms. The number of aliphatic hydroxyl groups excluding tert-OH is 1. The van der Waals surface area contributed by atoms with Crippen LogP contribution in [0.15, 0.2) is 0 Å². The molecule has 92 valence electrons. The third-order valence-corrected chi connectivity index (χ3v) is 2.91. The molecular weight excluding hydrogens is 186 g/mol. The van der Waals surface area contributed by atoms with Crippen LogP contribution in [0, 0.1) is 5.92 Å². The summed E-state index contributed by atoms with van der Waals surface area (Å²) in [4.78, 5) is 2.55. The van der Waals surface area contributed by atoms with E-state index in [-0.39, 0.29) is 0 Å². The molecule has 0 amide bonds. The van der Waals surface area contributed by atoms with Gasteiger partial charge in [-0.3, -0.25) is 0 Å². The van der Waals surface area contributed by atoms with Gasteiger partial charge in [0.25, 0.3) is 0 Å². The molecule has 0 saturated carbocycles. The van der Waals surface area contributed by atoms with Crippen molar-refractivity contribution < 1.29 is 5.11 Å². The molecule has 0 rings (SSSR count). The first kappa shape index (κ1) is 14.9. The fourth-order valence-electron chi connectivity index (χ4n) is 1.59. The zero-order chi connectivity index (χ0) is 11.5. The summed E-state index contributed by atoms with van der Waals surface area (Å²) in [7, 11) is 0. The van der Waals surface area contributed by atoms with Gasteiger partial charge in [0.1, 0.15) is 0 Å². The van der Waals surface area contributed by atoms with Crippen LogP contribution in [-0.4, -0.2) is 36.2 Å². The van der Waals surface area contributed by atoms with Gasteiger partial charge < -0.3 is 10.0 Å². The van der Waals surface area contributed by atoms with E-state index in [4.69, 9.17) is 5.11 Å². The first-order valence-corrected chi connectivity index (χ1v) is 6.57. The molecule has 1 atom stereocenters. The Morgan fingerprint density at radius 2 is 1.53 bits per heavy atom. The Hall–Kier alpha value is -0.0800. The number of hydrogen-bond acceptors (Lipinski definition) is 2. The molecular formula is C13H29NO. The van der Waals surface area contributed by atoms with Gasteiger partial charge in [-0.2, -0.15) is 0 Å². The summed E-state index contributed by atoms with van der Waals surface area (Å²) in [5.41, 5.74) is 0. The van der Waals surface area contributed by atoms with Gasteiger partial charge in [0, 0.05) is 6.61 Å². The summed E-state index contributed by atoms with van der Waals surface area (Å²) in [5, 5.41) is 8.98. The van der Waals surface area contributed by atoms with Crippen LogP contribution in [0.5, 0.6) is 0 Å². The van der Waals surface area contributed by atoms with E-state index >= 15 is 0 Å². The quantitative estimate of drug-likeness (QED) is 0.606. The van der Waals surface area contributed by atoms with E-state index in [1.807, 2.05) is 0 Å². The third-order valence-electron chi connectivity index (χ3n) is 2.91. The largest absolute Gasteiger partial charge is 0.396 e. The molecule has 15 heavy (non-hydrogen) atoms. The maximum atomic E-state index is 8.98. The number of rotatable bonds is 10. The normalized spacial score (nSPS) is 13.4. The minimum absolute atomic E-state index is 0.329. The molecule has 0 aromatic carbocycles. The van der Waals surface area contributed by atoms with Gasteiger partial charge in [-0.05, 0) is 44.8 Å². The van der Waals surface area contributed by atoms with Crippen LogP contribution in [-0.2, 0) is 0 Å². The highest BCUT2D eigenvalue weighted by Gasteiger charge is 2.06. The van der Waals surface area contributed by atoms with Crippen molar-refractivity contribution in [3.63, 3.8) is 0 Å². The Kier molecular flexibility index (Phi) is 10.4. The first-order chi connectivity index (χ1) is 7.24. The van der Waals surface area contributed by atoms with Gasteiger partial charge in [0.15, 0.2) is 0 Å². The molecule has 0 fully saturated rings. The van der Waals surface area contributed by atoms with Crippen LogP contribution in [0.1, 0.15) is 52.9 Å². The Morgan fingerprint density at radius 3 is 1.93 bits per heavy atom.